The lowest BCUT2D eigenvalue weighted by Crippen LogP contribution is -2.35. The van der Waals surface area contributed by atoms with Crippen molar-refractivity contribution in [3.8, 4) is 0 Å². The Morgan fingerprint density at radius 2 is 1.97 bits per heavy atom. The van der Waals surface area contributed by atoms with Gasteiger partial charge in [0.15, 0.2) is 5.76 Å². The van der Waals surface area contributed by atoms with Crippen molar-refractivity contribution >= 4 is 23.2 Å². The van der Waals surface area contributed by atoms with Crippen LogP contribution in [0.25, 0.3) is 0 Å². The zero-order chi connectivity index (χ0) is 21.1. The zero-order valence-electron chi connectivity index (χ0n) is 17.2. The van der Waals surface area contributed by atoms with E-state index in [9.17, 15) is 4.79 Å². The molecule has 2 aromatic heterocycles. The number of amides is 1. The Balaban J connectivity index is 1.39. The van der Waals surface area contributed by atoms with Crippen LogP contribution >= 0.6 is 11.6 Å². The van der Waals surface area contributed by atoms with Gasteiger partial charge in [0.2, 0.25) is 0 Å². The minimum Gasteiger partial charge on any atom is -0.454 e. The Labute approximate surface area is 180 Å². The average molecular weight is 429 g/mol. The number of rotatable bonds is 6. The summed E-state index contributed by atoms with van der Waals surface area (Å²) in [6, 6.07) is 11.3. The van der Waals surface area contributed by atoms with Crippen LogP contribution in [0.3, 0.4) is 0 Å². The molecule has 0 atom stereocenters. The first-order valence-electron chi connectivity index (χ1n) is 9.98. The molecule has 158 valence electrons. The zero-order valence-corrected chi connectivity index (χ0v) is 17.9. The Morgan fingerprint density at radius 3 is 2.70 bits per heavy atom. The summed E-state index contributed by atoms with van der Waals surface area (Å²) in [6.45, 7) is 8.40. The number of hydrogen-bond donors (Lipinski definition) is 1. The summed E-state index contributed by atoms with van der Waals surface area (Å²) in [5, 5.41) is 7.96. The summed E-state index contributed by atoms with van der Waals surface area (Å²) in [5.74, 6) is 0.621. The number of nitrogens with one attached hydrogen (secondary N) is 1. The van der Waals surface area contributed by atoms with E-state index in [4.69, 9.17) is 20.8 Å². The lowest BCUT2D eigenvalue weighted by atomic mass is 10.2. The van der Waals surface area contributed by atoms with Crippen molar-refractivity contribution in [2.24, 2.45) is 0 Å². The highest BCUT2D eigenvalue weighted by molar-refractivity contribution is 6.31. The number of nitrogens with zero attached hydrogens (tertiary/aromatic N) is 3. The molecule has 3 aromatic rings. The second kappa shape index (κ2) is 9.04. The standard InChI is InChI=1S/C22H25ClN4O3/c1-15-21(23)16(2)27(25-15)14-19-6-7-20(30-19)22(28)24-18-5-3-4-17(12-18)13-26-8-10-29-11-9-26/h3-7,12H,8-11,13-14H2,1-2H3,(H,24,28). The van der Waals surface area contributed by atoms with Gasteiger partial charge < -0.3 is 14.5 Å². The maximum atomic E-state index is 12.6. The lowest BCUT2D eigenvalue weighted by Gasteiger charge is -2.26. The van der Waals surface area contributed by atoms with Gasteiger partial charge in [-0.05, 0) is 43.7 Å². The fourth-order valence-corrected chi connectivity index (χ4v) is 3.65. The first-order valence-corrected chi connectivity index (χ1v) is 10.4. The molecule has 1 aliphatic heterocycles. The Hall–Kier alpha value is -2.61. The van der Waals surface area contributed by atoms with Crippen molar-refractivity contribution in [1.29, 1.82) is 0 Å². The average Bonchev–Trinajstić information content (AvgIpc) is 3.30. The van der Waals surface area contributed by atoms with Gasteiger partial charge in [0.25, 0.3) is 5.91 Å². The van der Waals surface area contributed by atoms with E-state index in [0.717, 1.165) is 55.5 Å². The van der Waals surface area contributed by atoms with Crippen molar-refractivity contribution in [3.63, 3.8) is 0 Å². The molecular weight excluding hydrogens is 404 g/mol. The number of carbonyl (C=O) groups excluding carboxylic acids is 1. The normalized spacial score (nSPS) is 14.8. The summed E-state index contributed by atoms with van der Waals surface area (Å²) in [5.41, 5.74) is 3.54. The third kappa shape index (κ3) is 4.75. The van der Waals surface area contributed by atoms with E-state index in [2.05, 4.69) is 21.4 Å². The molecule has 0 aliphatic carbocycles. The third-order valence-electron chi connectivity index (χ3n) is 5.18. The highest BCUT2D eigenvalue weighted by atomic mass is 35.5. The number of carbonyl (C=O) groups is 1. The predicted molar refractivity (Wildman–Crippen MR) is 115 cm³/mol. The van der Waals surface area contributed by atoms with Crippen molar-refractivity contribution < 1.29 is 13.9 Å². The number of furan rings is 1. The van der Waals surface area contributed by atoms with E-state index >= 15 is 0 Å². The Bertz CT molecular complexity index is 1040. The van der Waals surface area contributed by atoms with Gasteiger partial charge in [-0.15, -0.1) is 0 Å². The number of aromatic nitrogens is 2. The van der Waals surface area contributed by atoms with E-state index in [-0.39, 0.29) is 11.7 Å². The minimum absolute atomic E-state index is 0.260. The highest BCUT2D eigenvalue weighted by Gasteiger charge is 2.15. The largest absolute Gasteiger partial charge is 0.454 e. The topological polar surface area (TPSA) is 72.5 Å². The number of anilines is 1. The van der Waals surface area contributed by atoms with E-state index in [1.54, 1.807) is 16.8 Å². The summed E-state index contributed by atoms with van der Waals surface area (Å²) in [6.07, 6.45) is 0. The first kappa shape index (κ1) is 20.7. The molecule has 1 amide bonds. The molecule has 30 heavy (non-hydrogen) atoms. The quantitative estimate of drug-likeness (QED) is 0.645. The third-order valence-corrected chi connectivity index (χ3v) is 5.73. The van der Waals surface area contributed by atoms with Gasteiger partial charge >= 0.3 is 0 Å². The number of morpholine rings is 1. The molecule has 3 heterocycles. The molecule has 1 fully saturated rings. The molecule has 0 spiro atoms. The van der Waals surface area contributed by atoms with Gasteiger partial charge in [-0.1, -0.05) is 23.7 Å². The van der Waals surface area contributed by atoms with E-state index in [1.807, 2.05) is 32.0 Å². The number of benzene rings is 1. The smallest absolute Gasteiger partial charge is 0.291 e. The molecule has 4 rings (SSSR count). The summed E-state index contributed by atoms with van der Waals surface area (Å²) in [7, 11) is 0. The van der Waals surface area contributed by atoms with Crippen LogP contribution in [0.4, 0.5) is 5.69 Å². The number of aryl methyl sites for hydroxylation is 1. The maximum absolute atomic E-state index is 12.6. The SMILES string of the molecule is Cc1nn(Cc2ccc(C(=O)Nc3cccc(CN4CCOCC4)c3)o2)c(C)c1Cl. The predicted octanol–water partition coefficient (Wildman–Crippen LogP) is 3.88. The maximum Gasteiger partial charge on any atom is 0.291 e. The van der Waals surface area contributed by atoms with Crippen LogP contribution in [0.5, 0.6) is 0 Å². The van der Waals surface area contributed by atoms with Crippen LogP contribution in [-0.4, -0.2) is 46.9 Å². The van der Waals surface area contributed by atoms with Crippen LogP contribution in [0, 0.1) is 13.8 Å². The van der Waals surface area contributed by atoms with Gasteiger partial charge in [0.05, 0.1) is 36.2 Å². The fraction of sp³-hybridized carbons (Fsp3) is 0.364. The second-order valence-electron chi connectivity index (χ2n) is 7.45. The Kier molecular flexibility index (Phi) is 6.22. The highest BCUT2D eigenvalue weighted by Crippen LogP contribution is 2.21. The van der Waals surface area contributed by atoms with E-state index in [0.29, 0.717) is 17.3 Å². The monoisotopic (exact) mass is 428 g/mol. The van der Waals surface area contributed by atoms with Gasteiger partial charge in [0, 0.05) is 25.3 Å². The van der Waals surface area contributed by atoms with Crippen molar-refractivity contribution in [3.05, 3.63) is 69.9 Å². The first-order chi connectivity index (χ1) is 14.5. The van der Waals surface area contributed by atoms with Crippen LogP contribution in [0.15, 0.2) is 40.8 Å². The van der Waals surface area contributed by atoms with Gasteiger partial charge in [-0.25, -0.2) is 0 Å². The van der Waals surface area contributed by atoms with Crippen LogP contribution in [-0.2, 0) is 17.8 Å². The summed E-state index contributed by atoms with van der Waals surface area (Å²) >= 11 is 6.20. The van der Waals surface area contributed by atoms with Crippen molar-refractivity contribution in [2.45, 2.75) is 26.9 Å². The molecule has 1 saturated heterocycles. The number of ether oxygens (including phenoxy) is 1. The molecule has 0 radical (unpaired) electrons. The van der Waals surface area contributed by atoms with Crippen LogP contribution < -0.4 is 5.32 Å². The van der Waals surface area contributed by atoms with E-state index in [1.165, 1.54) is 0 Å². The minimum atomic E-state index is -0.281. The molecule has 0 saturated carbocycles. The molecule has 7 nitrogen and oxygen atoms in total. The Morgan fingerprint density at radius 1 is 1.17 bits per heavy atom. The lowest BCUT2D eigenvalue weighted by molar-refractivity contribution is 0.0342. The fourth-order valence-electron chi connectivity index (χ4n) is 3.52. The molecule has 1 aromatic carbocycles. The van der Waals surface area contributed by atoms with Crippen molar-refractivity contribution in [1.82, 2.24) is 14.7 Å². The van der Waals surface area contributed by atoms with Gasteiger partial charge in [-0.3, -0.25) is 14.4 Å². The van der Waals surface area contributed by atoms with Crippen LogP contribution in [0.1, 0.15) is 33.3 Å². The summed E-state index contributed by atoms with van der Waals surface area (Å²) < 4.78 is 12.9. The number of halogens is 1. The molecule has 0 unspecified atom stereocenters. The molecule has 1 N–H and O–H groups in total. The van der Waals surface area contributed by atoms with Crippen LogP contribution in [0.2, 0.25) is 5.02 Å². The number of hydrogen-bond acceptors (Lipinski definition) is 5. The molecular formula is C22H25ClN4O3. The van der Waals surface area contributed by atoms with Gasteiger partial charge in [-0.2, -0.15) is 5.10 Å². The van der Waals surface area contributed by atoms with E-state index < -0.39 is 0 Å². The van der Waals surface area contributed by atoms with Crippen molar-refractivity contribution in [2.75, 3.05) is 31.6 Å². The molecule has 0 bridgehead atoms. The molecule has 1 aliphatic rings. The second-order valence-corrected chi connectivity index (χ2v) is 7.83. The van der Waals surface area contributed by atoms with Gasteiger partial charge in [0.1, 0.15) is 5.76 Å². The summed E-state index contributed by atoms with van der Waals surface area (Å²) in [4.78, 5) is 15.0. The molecule has 8 heteroatoms.